The van der Waals surface area contributed by atoms with Crippen molar-refractivity contribution in [3.63, 3.8) is 0 Å². The predicted molar refractivity (Wildman–Crippen MR) is 224 cm³/mol. The minimum Gasteiger partial charge on any atom is -0.457 e. The Morgan fingerprint density at radius 3 is 0.922 bits per heavy atom. The zero-order valence-corrected chi connectivity index (χ0v) is 35.2. The second-order valence-electron chi connectivity index (χ2n) is 16.2. The van der Waals surface area contributed by atoms with E-state index in [2.05, 4.69) is 13.8 Å². The third-order valence-corrected chi connectivity index (χ3v) is 10.9. The van der Waals surface area contributed by atoms with Crippen LogP contribution in [0.4, 0.5) is 0 Å². The first-order valence-corrected chi connectivity index (χ1v) is 23.6. The summed E-state index contributed by atoms with van der Waals surface area (Å²) in [5, 5.41) is 9.61. The van der Waals surface area contributed by atoms with Gasteiger partial charge in [-0.3, -0.25) is 4.79 Å². The van der Waals surface area contributed by atoms with E-state index in [4.69, 9.17) is 9.47 Å². The first kappa shape index (κ1) is 50.4. The summed E-state index contributed by atoms with van der Waals surface area (Å²) in [6, 6.07) is 0. The molecule has 1 unspecified atom stereocenters. The van der Waals surface area contributed by atoms with Gasteiger partial charge < -0.3 is 14.6 Å². The van der Waals surface area contributed by atoms with Crippen molar-refractivity contribution in [2.75, 3.05) is 19.8 Å². The quantitative estimate of drug-likeness (QED) is 0.0502. The molecule has 4 nitrogen and oxygen atoms in total. The molecule has 0 aliphatic heterocycles. The van der Waals surface area contributed by atoms with Gasteiger partial charge in [0.15, 0.2) is 0 Å². The maximum atomic E-state index is 12.2. The molecule has 0 radical (unpaired) electrons. The summed E-state index contributed by atoms with van der Waals surface area (Å²) in [7, 11) is 0. The van der Waals surface area contributed by atoms with Gasteiger partial charge in [0.2, 0.25) is 0 Å². The highest BCUT2D eigenvalue weighted by molar-refractivity contribution is 5.69. The number of ether oxygens (including phenoxy) is 2. The van der Waals surface area contributed by atoms with Crippen LogP contribution < -0.4 is 0 Å². The fourth-order valence-corrected chi connectivity index (χ4v) is 7.39. The summed E-state index contributed by atoms with van der Waals surface area (Å²) in [6.45, 7) is 5.41. The van der Waals surface area contributed by atoms with Crippen LogP contribution in [0.5, 0.6) is 0 Å². The Morgan fingerprint density at radius 1 is 0.392 bits per heavy atom. The molecule has 0 aromatic carbocycles. The van der Waals surface area contributed by atoms with Crippen molar-refractivity contribution in [1.29, 1.82) is 0 Å². The molecule has 0 bridgehead atoms. The van der Waals surface area contributed by atoms with Crippen LogP contribution in [0, 0.1) is 0 Å². The van der Waals surface area contributed by atoms with Crippen molar-refractivity contribution in [3.8, 4) is 0 Å². The van der Waals surface area contributed by atoms with Crippen molar-refractivity contribution in [2.24, 2.45) is 0 Å². The maximum Gasteiger partial charge on any atom is 0.306 e. The van der Waals surface area contributed by atoms with E-state index < -0.39 is 6.10 Å². The van der Waals surface area contributed by atoms with Crippen LogP contribution in [-0.4, -0.2) is 37.0 Å². The lowest BCUT2D eigenvalue weighted by atomic mass is 10.0. The first-order valence-electron chi connectivity index (χ1n) is 23.6. The van der Waals surface area contributed by atoms with E-state index in [0.29, 0.717) is 19.6 Å². The maximum absolute atomic E-state index is 12.2. The largest absolute Gasteiger partial charge is 0.457 e. The molecule has 0 amide bonds. The molecular weight excluding hydrogens is 629 g/mol. The Kier molecular flexibility index (Phi) is 45.0. The Morgan fingerprint density at radius 2 is 0.647 bits per heavy atom. The average Bonchev–Trinajstić information content (AvgIpc) is 3.14. The van der Waals surface area contributed by atoms with Crippen LogP contribution in [0.15, 0.2) is 0 Å². The second-order valence-corrected chi connectivity index (χ2v) is 16.2. The topological polar surface area (TPSA) is 55.8 Å². The molecule has 0 aliphatic carbocycles. The van der Waals surface area contributed by atoms with Crippen LogP contribution in [-0.2, 0) is 14.3 Å². The van der Waals surface area contributed by atoms with E-state index in [0.717, 1.165) is 19.3 Å². The smallest absolute Gasteiger partial charge is 0.306 e. The zero-order chi connectivity index (χ0) is 37.0. The van der Waals surface area contributed by atoms with Crippen LogP contribution in [0.1, 0.15) is 271 Å². The van der Waals surface area contributed by atoms with E-state index in [1.54, 1.807) is 0 Å². The highest BCUT2D eigenvalue weighted by atomic mass is 16.6. The lowest BCUT2D eigenvalue weighted by Gasteiger charge is -2.16. The van der Waals surface area contributed by atoms with Gasteiger partial charge in [0.25, 0.3) is 0 Å². The number of hydrogen-bond acceptors (Lipinski definition) is 4. The number of esters is 1. The van der Waals surface area contributed by atoms with Crippen LogP contribution in [0.2, 0.25) is 0 Å². The minimum absolute atomic E-state index is 0.163. The number of unbranched alkanes of at least 4 members (excludes halogenated alkanes) is 37. The standard InChI is InChI=1S/C47H94O4/c1-3-5-7-9-11-13-15-17-19-20-21-22-23-24-25-26-27-28-29-31-33-35-37-39-41-43-50-45-46(44-48)51-47(49)42-40-38-36-34-32-30-18-16-14-12-10-8-6-4-2/h46,48H,3-45H2,1-2H3. The fourth-order valence-electron chi connectivity index (χ4n) is 7.39. The molecule has 0 rings (SSSR count). The zero-order valence-electron chi connectivity index (χ0n) is 35.2. The molecule has 0 saturated heterocycles. The number of carbonyl (C=O) groups is 1. The highest BCUT2D eigenvalue weighted by Crippen LogP contribution is 2.17. The van der Waals surface area contributed by atoms with Gasteiger partial charge in [0, 0.05) is 13.0 Å². The number of hydrogen-bond donors (Lipinski definition) is 1. The molecule has 0 heterocycles. The lowest BCUT2D eigenvalue weighted by Crippen LogP contribution is -2.27. The summed E-state index contributed by atoms with van der Waals surface area (Å²) in [5.74, 6) is -0.193. The number of aliphatic hydroxyl groups is 1. The Balaban J connectivity index is 3.31. The molecule has 0 spiro atoms. The van der Waals surface area contributed by atoms with Crippen molar-refractivity contribution in [1.82, 2.24) is 0 Å². The van der Waals surface area contributed by atoms with Crippen molar-refractivity contribution >= 4 is 5.97 Å². The van der Waals surface area contributed by atoms with E-state index in [1.165, 1.54) is 231 Å². The molecule has 4 heteroatoms. The molecule has 0 aromatic rings. The SMILES string of the molecule is CCCCCCCCCCCCCCCCCCCCCCCCCCCOCC(CO)OC(=O)CCCCCCCCCCCCCCCC. The van der Waals surface area contributed by atoms with E-state index >= 15 is 0 Å². The molecule has 51 heavy (non-hydrogen) atoms. The lowest BCUT2D eigenvalue weighted by molar-refractivity contribution is -0.154. The van der Waals surface area contributed by atoms with Gasteiger partial charge in [0.05, 0.1) is 13.2 Å². The molecule has 1 atom stereocenters. The fraction of sp³-hybridized carbons (Fsp3) is 0.979. The molecule has 1 N–H and O–H groups in total. The summed E-state index contributed by atoms with van der Waals surface area (Å²) in [6.07, 6.45) is 53.3. The van der Waals surface area contributed by atoms with Crippen molar-refractivity contribution in [2.45, 2.75) is 277 Å². The minimum atomic E-state index is -0.525. The van der Waals surface area contributed by atoms with Gasteiger partial charge >= 0.3 is 5.97 Å². The molecule has 306 valence electrons. The van der Waals surface area contributed by atoms with Crippen LogP contribution >= 0.6 is 0 Å². The van der Waals surface area contributed by atoms with Crippen molar-refractivity contribution < 1.29 is 19.4 Å². The number of rotatable bonds is 45. The average molecular weight is 723 g/mol. The molecular formula is C47H94O4. The monoisotopic (exact) mass is 723 g/mol. The van der Waals surface area contributed by atoms with Gasteiger partial charge in [-0.25, -0.2) is 0 Å². The predicted octanol–water partition coefficient (Wildman–Crippen LogP) is 15.6. The summed E-state index contributed by atoms with van der Waals surface area (Å²) in [4.78, 5) is 12.2. The van der Waals surface area contributed by atoms with Gasteiger partial charge in [-0.15, -0.1) is 0 Å². The van der Waals surface area contributed by atoms with Crippen LogP contribution in [0.3, 0.4) is 0 Å². The Bertz CT molecular complexity index is 638. The summed E-state index contributed by atoms with van der Waals surface area (Å²) in [5.41, 5.74) is 0. The second kappa shape index (κ2) is 45.5. The number of aliphatic hydroxyl groups excluding tert-OH is 1. The van der Waals surface area contributed by atoms with Crippen LogP contribution in [0.25, 0.3) is 0 Å². The molecule has 0 fully saturated rings. The third-order valence-electron chi connectivity index (χ3n) is 10.9. The van der Waals surface area contributed by atoms with E-state index in [1.807, 2.05) is 0 Å². The van der Waals surface area contributed by atoms with Crippen molar-refractivity contribution in [3.05, 3.63) is 0 Å². The summed E-state index contributed by atoms with van der Waals surface area (Å²) < 4.78 is 11.2. The Labute approximate surface area is 321 Å². The van der Waals surface area contributed by atoms with E-state index in [-0.39, 0.29) is 12.6 Å². The van der Waals surface area contributed by atoms with Gasteiger partial charge in [-0.1, -0.05) is 251 Å². The van der Waals surface area contributed by atoms with E-state index in [9.17, 15) is 9.90 Å². The summed E-state index contributed by atoms with van der Waals surface area (Å²) >= 11 is 0. The van der Waals surface area contributed by atoms with Gasteiger partial charge in [0.1, 0.15) is 6.10 Å². The first-order chi connectivity index (χ1) is 25.2. The van der Waals surface area contributed by atoms with Gasteiger partial charge in [-0.05, 0) is 12.8 Å². The Hall–Kier alpha value is -0.610. The number of carbonyl (C=O) groups excluding carboxylic acids is 1. The highest BCUT2D eigenvalue weighted by Gasteiger charge is 2.13. The third kappa shape index (κ3) is 43.7. The normalized spacial score (nSPS) is 12.1. The molecule has 0 aromatic heterocycles. The molecule has 0 aliphatic rings. The van der Waals surface area contributed by atoms with Gasteiger partial charge in [-0.2, -0.15) is 0 Å². The molecule has 0 saturated carbocycles.